The maximum Gasteiger partial charge on any atom is 0.222 e. The minimum absolute atomic E-state index is 0.250. The number of nitrogens with zero attached hydrogens (tertiary/aromatic N) is 2. The fraction of sp³-hybridized carbons (Fsp3) is 0.800. The number of hydrogen-bond donors (Lipinski definition) is 0. The van der Waals surface area contributed by atoms with Crippen LogP contribution in [-0.4, -0.2) is 49.4 Å². The Kier molecular flexibility index (Phi) is 5.39. The molecule has 0 unspecified atom stereocenters. The maximum absolute atomic E-state index is 12.0. The Morgan fingerprint density at radius 1 is 1.39 bits per heavy atom. The second kappa shape index (κ2) is 6.37. The summed E-state index contributed by atoms with van der Waals surface area (Å²) in [5.41, 5.74) is 1.74. The summed E-state index contributed by atoms with van der Waals surface area (Å²) in [6.07, 6.45) is 4.91. The van der Waals surface area contributed by atoms with Crippen LogP contribution in [0.1, 0.15) is 40.0 Å². The molecule has 0 N–H and O–H groups in total. The molecular weight excluding hydrogens is 224 g/mol. The molecule has 1 aliphatic rings. The van der Waals surface area contributed by atoms with Crippen molar-refractivity contribution in [3.05, 3.63) is 11.6 Å². The van der Waals surface area contributed by atoms with Crippen LogP contribution in [0, 0.1) is 5.41 Å². The molecule has 1 heterocycles. The largest absolute Gasteiger partial charge is 0.339 e. The van der Waals surface area contributed by atoms with Crippen molar-refractivity contribution in [1.29, 1.82) is 0 Å². The molecule has 1 aliphatic heterocycles. The highest BCUT2D eigenvalue weighted by atomic mass is 16.2. The van der Waals surface area contributed by atoms with Crippen molar-refractivity contribution in [3.63, 3.8) is 0 Å². The van der Waals surface area contributed by atoms with Gasteiger partial charge in [-0.3, -0.25) is 4.79 Å². The third kappa shape index (κ3) is 4.81. The molecule has 3 heteroatoms. The molecule has 3 nitrogen and oxygen atoms in total. The Morgan fingerprint density at radius 3 is 2.50 bits per heavy atom. The van der Waals surface area contributed by atoms with Gasteiger partial charge in [0.1, 0.15) is 0 Å². The SMILES string of the molecule is CN(C)CCCC(=O)N1CC=C(C(C)(C)C)CC1. The lowest BCUT2D eigenvalue weighted by molar-refractivity contribution is -0.131. The fourth-order valence-corrected chi connectivity index (χ4v) is 2.28. The van der Waals surface area contributed by atoms with Crippen LogP contribution < -0.4 is 0 Å². The zero-order valence-corrected chi connectivity index (χ0v) is 12.6. The van der Waals surface area contributed by atoms with E-state index in [0.717, 1.165) is 32.5 Å². The van der Waals surface area contributed by atoms with E-state index in [9.17, 15) is 4.79 Å². The van der Waals surface area contributed by atoms with Gasteiger partial charge in [0, 0.05) is 19.5 Å². The van der Waals surface area contributed by atoms with Crippen LogP contribution in [0.2, 0.25) is 0 Å². The van der Waals surface area contributed by atoms with E-state index in [2.05, 4.69) is 31.7 Å². The van der Waals surface area contributed by atoms with E-state index in [4.69, 9.17) is 0 Å². The molecule has 0 aromatic heterocycles. The molecule has 0 saturated heterocycles. The highest BCUT2D eigenvalue weighted by molar-refractivity contribution is 5.76. The van der Waals surface area contributed by atoms with E-state index in [-0.39, 0.29) is 5.41 Å². The molecule has 1 amide bonds. The van der Waals surface area contributed by atoms with E-state index < -0.39 is 0 Å². The first kappa shape index (κ1) is 15.2. The summed E-state index contributed by atoms with van der Waals surface area (Å²) in [5, 5.41) is 0. The van der Waals surface area contributed by atoms with Gasteiger partial charge < -0.3 is 9.80 Å². The minimum Gasteiger partial charge on any atom is -0.339 e. The number of carbonyl (C=O) groups is 1. The molecule has 0 bridgehead atoms. The molecule has 0 aliphatic carbocycles. The quantitative estimate of drug-likeness (QED) is 0.718. The molecule has 0 saturated carbocycles. The second-order valence-corrected chi connectivity index (χ2v) is 6.48. The van der Waals surface area contributed by atoms with Gasteiger partial charge in [0.15, 0.2) is 0 Å². The highest BCUT2D eigenvalue weighted by Crippen LogP contribution is 2.30. The van der Waals surface area contributed by atoms with E-state index >= 15 is 0 Å². The van der Waals surface area contributed by atoms with Crippen molar-refractivity contribution in [2.45, 2.75) is 40.0 Å². The molecule has 0 radical (unpaired) electrons. The Balaban J connectivity index is 2.38. The minimum atomic E-state index is 0.250. The van der Waals surface area contributed by atoms with Crippen LogP contribution in [0.3, 0.4) is 0 Å². The fourth-order valence-electron chi connectivity index (χ4n) is 2.28. The number of hydrogen-bond acceptors (Lipinski definition) is 2. The number of amides is 1. The molecule has 18 heavy (non-hydrogen) atoms. The summed E-state index contributed by atoms with van der Waals surface area (Å²) < 4.78 is 0. The Morgan fingerprint density at radius 2 is 2.06 bits per heavy atom. The third-order valence-corrected chi connectivity index (χ3v) is 3.52. The normalized spacial score (nSPS) is 17.0. The van der Waals surface area contributed by atoms with Gasteiger partial charge in [-0.25, -0.2) is 0 Å². The zero-order chi connectivity index (χ0) is 13.8. The summed E-state index contributed by atoms with van der Waals surface area (Å²) in [5.74, 6) is 0.307. The van der Waals surface area contributed by atoms with Crippen LogP contribution in [-0.2, 0) is 4.79 Å². The van der Waals surface area contributed by atoms with Gasteiger partial charge in [0.05, 0.1) is 0 Å². The summed E-state index contributed by atoms with van der Waals surface area (Å²) in [6, 6.07) is 0. The van der Waals surface area contributed by atoms with Crippen LogP contribution in [0.25, 0.3) is 0 Å². The first-order valence-electron chi connectivity index (χ1n) is 6.92. The smallest absolute Gasteiger partial charge is 0.222 e. The monoisotopic (exact) mass is 252 g/mol. The Labute approximate surface area is 112 Å². The van der Waals surface area contributed by atoms with Gasteiger partial charge in [-0.05, 0) is 38.9 Å². The van der Waals surface area contributed by atoms with Gasteiger partial charge in [0.2, 0.25) is 5.91 Å². The molecule has 0 spiro atoms. The van der Waals surface area contributed by atoms with Crippen molar-refractivity contribution < 1.29 is 4.79 Å². The molecule has 1 rings (SSSR count). The van der Waals surface area contributed by atoms with Gasteiger partial charge in [0.25, 0.3) is 0 Å². The van der Waals surface area contributed by atoms with E-state index in [1.807, 2.05) is 19.0 Å². The van der Waals surface area contributed by atoms with Crippen molar-refractivity contribution in [2.75, 3.05) is 33.7 Å². The first-order valence-corrected chi connectivity index (χ1v) is 6.92. The average Bonchev–Trinajstić information content (AvgIpc) is 2.27. The van der Waals surface area contributed by atoms with Gasteiger partial charge in [-0.1, -0.05) is 32.4 Å². The third-order valence-electron chi connectivity index (χ3n) is 3.52. The number of rotatable bonds is 4. The van der Waals surface area contributed by atoms with E-state index in [1.54, 1.807) is 0 Å². The molecule has 104 valence electrons. The van der Waals surface area contributed by atoms with Crippen LogP contribution in [0.5, 0.6) is 0 Å². The van der Waals surface area contributed by atoms with Crippen LogP contribution in [0.15, 0.2) is 11.6 Å². The average molecular weight is 252 g/mol. The van der Waals surface area contributed by atoms with Crippen molar-refractivity contribution in [1.82, 2.24) is 9.80 Å². The summed E-state index contributed by atoms with van der Waals surface area (Å²) >= 11 is 0. The number of carbonyl (C=O) groups excluding carboxylic acids is 1. The van der Waals surface area contributed by atoms with Gasteiger partial charge in [-0.2, -0.15) is 0 Å². The van der Waals surface area contributed by atoms with Crippen LogP contribution >= 0.6 is 0 Å². The molecule has 0 aromatic rings. The predicted octanol–water partition coefficient (Wildman–Crippen LogP) is 2.53. The summed E-state index contributed by atoms with van der Waals surface area (Å²) in [4.78, 5) is 16.1. The second-order valence-electron chi connectivity index (χ2n) is 6.48. The van der Waals surface area contributed by atoms with Gasteiger partial charge in [-0.15, -0.1) is 0 Å². The van der Waals surface area contributed by atoms with Crippen molar-refractivity contribution in [3.8, 4) is 0 Å². The molecule has 0 fully saturated rings. The predicted molar refractivity (Wildman–Crippen MR) is 76.5 cm³/mol. The summed E-state index contributed by atoms with van der Waals surface area (Å²) in [6.45, 7) is 9.41. The van der Waals surface area contributed by atoms with Crippen molar-refractivity contribution in [2.24, 2.45) is 5.41 Å². The van der Waals surface area contributed by atoms with Crippen LogP contribution in [0.4, 0.5) is 0 Å². The Hall–Kier alpha value is -0.830. The van der Waals surface area contributed by atoms with E-state index in [1.165, 1.54) is 5.57 Å². The lowest BCUT2D eigenvalue weighted by atomic mass is 9.83. The Bertz CT molecular complexity index is 313. The van der Waals surface area contributed by atoms with Crippen molar-refractivity contribution >= 4 is 5.91 Å². The zero-order valence-electron chi connectivity index (χ0n) is 12.6. The standard InChI is InChI=1S/C15H28N2O/c1-15(2,3)13-8-11-17(12-9-13)14(18)7-6-10-16(4)5/h8H,6-7,9-12H2,1-5H3. The molecule has 0 atom stereocenters. The first-order chi connectivity index (χ1) is 8.30. The van der Waals surface area contributed by atoms with Gasteiger partial charge >= 0.3 is 0 Å². The maximum atomic E-state index is 12.0. The summed E-state index contributed by atoms with van der Waals surface area (Å²) in [7, 11) is 4.09. The highest BCUT2D eigenvalue weighted by Gasteiger charge is 2.23. The lowest BCUT2D eigenvalue weighted by Gasteiger charge is -2.32. The van der Waals surface area contributed by atoms with E-state index in [0.29, 0.717) is 12.3 Å². The molecular formula is C15H28N2O. The topological polar surface area (TPSA) is 23.6 Å². The molecule has 0 aromatic carbocycles. The lowest BCUT2D eigenvalue weighted by Crippen LogP contribution is -2.36.